The van der Waals surface area contributed by atoms with Crippen molar-refractivity contribution in [3.8, 4) is 0 Å². The van der Waals surface area contributed by atoms with E-state index in [1.54, 1.807) is 0 Å². The maximum Gasteiger partial charge on any atom is 0.248 e. The van der Waals surface area contributed by atoms with Gasteiger partial charge in [0.1, 0.15) is 6.04 Å². The van der Waals surface area contributed by atoms with Gasteiger partial charge in [-0.2, -0.15) is 16.7 Å². The Bertz CT molecular complexity index is 498. The molecule has 0 saturated carbocycles. The fraction of sp³-hybridized carbons (Fsp3) is 0.429. The second kappa shape index (κ2) is 6.73. The van der Waals surface area contributed by atoms with E-state index >= 15 is 0 Å². The third-order valence-electron chi connectivity index (χ3n) is 2.59. The summed E-state index contributed by atoms with van der Waals surface area (Å²) in [5.74, 6) is 3.72. The predicted molar refractivity (Wildman–Crippen MR) is 77.8 cm³/mol. The lowest BCUT2D eigenvalue weighted by molar-refractivity contribution is 0.363. The van der Waals surface area contributed by atoms with Gasteiger partial charge in [0, 0.05) is 0 Å². The van der Waals surface area contributed by atoms with Crippen LogP contribution in [-0.4, -0.2) is 15.9 Å². The number of thioether (sulfide) groups is 1. The SMILES string of the molecule is CC(C)CSCc1noc([C@H](N)c2ccccc2)n1. The lowest BCUT2D eigenvalue weighted by Gasteiger charge is -2.05. The standard InChI is InChI=1S/C14H19N3OS/c1-10(2)8-19-9-12-16-14(18-17-12)13(15)11-6-4-3-5-7-11/h3-7,10,13H,8-9,15H2,1-2H3/t13-/m1/s1. The molecule has 0 unspecified atom stereocenters. The van der Waals surface area contributed by atoms with Gasteiger partial charge in [0.2, 0.25) is 5.89 Å². The molecule has 0 bridgehead atoms. The summed E-state index contributed by atoms with van der Waals surface area (Å²) >= 11 is 1.81. The number of nitrogens with zero attached hydrogens (tertiary/aromatic N) is 2. The number of rotatable bonds is 6. The van der Waals surface area contributed by atoms with Crippen molar-refractivity contribution in [3.63, 3.8) is 0 Å². The first-order chi connectivity index (χ1) is 9.16. The van der Waals surface area contributed by atoms with Crippen LogP contribution in [0.4, 0.5) is 0 Å². The first-order valence-electron chi connectivity index (χ1n) is 6.37. The van der Waals surface area contributed by atoms with Gasteiger partial charge in [-0.05, 0) is 17.2 Å². The molecule has 1 heterocycles. The normalized spacial score (nSPS) is 12.8. The van der Waals surface area contributed by atoms with Crippen LogP contribution in [0, 0.1) is 5.92 Å². The van der Waals surface area contributed by atoms with E-state index < -0.39 is 0 Å². The van der Waals surface area contributed by atoms with Crippen molar-refractivity contribution in [2.24, 2.45) is 11.7 Å². The van der Waals surface area contributed by atoms with Crippen molar-refractivity contribution >= 4 is 11.8 Å². The van der Waals surface area contributed by atoms with Gasteiger partial charge < -0.3 is 10.3 Å². The average molecular weight is 277 g/mol. The summed E-state index contributed by atoms with van der Waals surface area (Å²) in [5.41, 5.74) is 7.08. The molecule has 0 fully saturated rings. The zero-order chi connectivity index (χ0) is 13.7. The highest BCUT2D eigenvalue weighted by Gasteiger charge is 2.16. The Morgan fingerprint density at radius 3 is 2.68 bits per heavy atom. The van der Waals surface area contributed by atoms with Gasteiger partial charge in [-0.3, -0.25) is 0 Å². The van der Waals surface area contributed by atoms with Gasteiger partial charge in [-0.15, -0.1) is 0 Å². The molecule has 1 aromatic carbocycles. The third-order valence-corrected chi connectivity index (χ3v) is 3.96. The van der Waals surface area contributed by atoms with Crippen molar-refractivity contribution in [2.45, 2.75) is 25.6 Å². The van der Waals surface area contributed by atoms with Crippen LogP contribution in [0.5, 0.6) is 0 Å². The maximum atomic E-state index is 6.10. The largest absolute Gasteiger partial charge is 0.337 e. The Kier molecular flexibility index (Phi) is 4.99. The summed E-state index contributed by atoms with van der Waals surface area (Å²) in [5, 5.41) is 3.97. The summed E-state index contributed by atoms with van der Waals surface area (Å²) in [6.45, 7) is 4.39. The Hall–Kier alpha value is -1.33. The van der Waals surface area contributed by atoms with Crippen LogP contribution in [-0.2, 0) is 5.75 Å². The number of hydrogen-bond acceptors (Lipinski definition) is 5. The van der Waals surface area contributed by atoms with E-state index in [9.17, 15) is 0 Å². The average Bonchev–Trinajstić information content (AvgIpc) is 2.87. The zero-order valence-electron chi connectivity index (χ0n) is 11.2. The van der Waals surface area contributed by atoms with Crippen LogP contribution in [0.3, 0.4) is 0 Å². The molecule has 0 radical (unpaired) electrons. The summed E-state index contributed by atoms with van der Waals surface area (Å²) in [4.78, 5) is 4.36. The Balaban J connectivity index is 1.97. The molecule has 2 rings (SSSR count). The molecular weight excluding hydrogens is 258 g/mol. The molecule has 5 heteroatoms. The molecule has 0 amide bonds. The molecule has 0 saturated heterocycles. The van der Waals surface area contributed by atoms with E-state index in [-0.39, 0.29) is 6.04 Å². The molecule has 1 atom stereocenters. The first kappa shape index (κ1) is 14.1. The third kappa shape index (κ3) is 4.08. The van der Waals surface area contributed by atoms with Crippen molar-refractivity contribution in [1.29, 1.82) is 0 Å². The summed E-state index contributed by atoms with van der Waals surface area (Å²) in [6.07, 6.45) is 0. The maximum absolute atomic E-state index is 6.10. The second-order valence-corrected chi connectivity index (χ2v) is 5.88. The lowest BCUT2D eigenvalue weighted by atomic mass is 10.1. The smallest absolute Gasteiger partial charge is 0.248 e. The fourth-order valence-corrected chi connectivity index (χ4v) is 2.53. The zero-order valence-corrected chi connectivity index (χ0v) is 12.1. The minimum absolute atomic E-state index is 0.349. The first-order valence-corrected chi connectivity index (χ1v) is 7.53. The minimum atomic E-state index is -0.349. The Labute approximate surface area is 117 Å². The van der Waals surface area contributed by atoms with Crippen molar-refractivity contribution in [2.75, 3.05) is 5.75 Å². The number of hydrogen-bond donors (Lipinski definition) is 1. The second-order valence-electron chi connectivity index (χ2n) is 4.85. The van der Waals surface area contributed by atoms with Crippen LogP contribution >= 0.6 is 11.8 Å². The van der Waals surface area contributed by atoms with Gasteiger partial charge in [0.15, 0.2) is 5.82 Å². The van der Waals surface area contributed by atoms with Gasteiger partial charge >= 0.3 is 0 Å². The van der Waals surface area contributed by atoms with E-state index in [2.05, 4.69) is 24.0 Å². The number of aromatic nitrogens is 2. The van der Waals surface area contributed by atoms with Gasteiger partial charge in [-0.1, -0.05) is 49.3 Å². The highest BCUT2D eigenvalue weighted by atomic mass is 32.2. The molecule has 4 nitrogen and oxygen atoms in total. The molecule has 102 valence electrons. The molecule has 19 heavy (non-hydrogen) atoms. The lowest BCUT2D eigenvalue weighted by Crippen LogP contribution is -2.12. The van der Waals surface area contributed by atoms with E-state index in [4.69, 9.17) is 10.3 Å². The predicted octanol–water partition coefficient (Wildman–Crippen LogP) is 3.01. The summed E-state index contributed by atoms with van der Waals surface area (Å²) < 4.78 is 5.24. The van der Waals surface area contributed by atoms with Gasteiger partial charge in [0.25, 0.3) is 0 Å². The van der Waals surface area contributed by atoms with Crippen LogP contribution in [0.1, 0.15) is 37.2 Å². The highest BCUT2D eigenvalue weighted by Crippen LogP contribution is 2.19. The van der Waals surface area contributed by atoms with Gasteiger partial charge in [0.05, 0.1) is 5.75 Å². The van der Waals surface area contributed by atoms with Gasteiger partial charge in [-0.25, -0.2) is 0 Å². The monoisotopic (exact) mass is 277 g/mol. The van der Waals surface area contributed by atoms with E-state index in [0.29, 0.717) is 17.6 Å². The number of nitrogens with two attached hydrogens (primary N) is 1. The number of benzene rings is 1. The van der Waals surface area contributed by atoms with Crippen molar-refractivity contribution in [1.82, 2.24) is 10.1 Å². The molecule has 2 aromatic rings. The Morgan fingerprint density at radius 1 is 1.26 bits per heavy atom. The van der Waals surface area contributed by atoms with Crippen LogP contribution in [0.25, 0.3) is 0 Å². The molecule has 1 aromatic heterocycles. The summed E-state index contributed by atoms with van der Waals surface area (Å²) in [7, 11) is 0. The molecule has 0 aliphatic carbocycles. The topological polar surface area (TPSA) is 64.9 Å². The van der Waals surface area contributed by atoms with Crippen molar-refractivity contribution < 1.29 is 4.52 Å². The highest BCUT2D eigenvalue weighted by molar-refractivity contribution is 7.98. The van der Waals surface area contributed by atoms with E-state index in [0.717, 1.165) is 17.1 Å². The van der Waals surface area contributed by atoms with Crippen LogP contribution in [0.2, 0.25) is 0 Å². The molecule has 0 spiro atoms. The van der Waals surface area contributed by atoms with E-state index in [1.165, 1.54) is 0 Å². The van der Waals surface area contributed by atoms with E-state index in [1.807, 2.05) is 42.1 Å². The molecule has 0 aliphatic rings. The summed E-state index contributed by atoms with van der Waals surface area (Å²) in [6, 6.07) is 9.43. The molecule has 2 N–H and O–H groups in total. The Morgan fingerprint density at radius 2 is 2.00 bits per heavy atom. The minimum Gasteiger partial charge on any atom is -0.337 e. The quantitative estimate of drug-likeness (QED) is 0.879. The molecule has 0 aliphatic heterocycles. The fourth-order valence-electron chi connectivity index (χ4n) is 1.64. The molecular formula is C14H19N3OS. The van der Waals surface area contributed by atoms with Crippen molar-refractivity contribution in [3.05, 3.63) is 47.6 Å². The van der Waals surface area contributed by atoms with Crippen LogP contribution in [0.15, 0.2) is 34.9 Å². The van der Waals surface area contributed by atoms with Crippen LogP contribution < -0.4 is 5.73 Å².